The Labute approximate surface area is 147 Å². The number of piperidine rings is 1. The van der Waals surface area contributed by atoms with Crippen LogP contribution in [-0.2, 0) is 11.3 Å². The number of rotatable bonds is 8. The molecule has 2 rings (SSSR count). The van der Waals surface area contributed by atoms with Crippen LogP contribution in [0.4, 0.5) is 5.69 Å². The summed E-state index contributed by atoms with van der Waals surface area (Å²) in [6.45, 7) is 14.0. The Bertz CT molecular complexity index is 561. The van der Waals surface area contributed by atoms with Gasteiger partial charge in [-0.15, -0.1) is 0 Å². The van der Waals surface area contributed by atoms with Crippen molar-refractivity contribution in [2.75, 3.05) is 24.5 Å². The van der Waals surface area contributed by atoms with Gasteiger partial charge in [-0.1, -0.05) is 32.1 Å². The van der Waals surface area contributed by atoms with Gasteiger partial charge in [-0.05, 0) is 69.6 Å². The molecule has 0 aliphatic carbocycles. The van der Waals surface area contributed by atoms with Gasteiger partial charge in [0.15, 0.2) is 0 Å². The van der Waals surface area contributed by atoms with Gasteiger partial charge in [0.1, 0.15) is 5.78 Å². The molecular formula is C21H32N2O. The number of nitrogens with zero attached hydrogens (tertiary/aromatic N) is 2. The Morgan fingerprint density at radius 3 is 2.58 bits per heavy atom. The first-order valence-corrected chi connectivity index (χ1v) is 9.26. The summed E-state index contributed by atoms with van der Waals surface area (Å²) in [6, 6.07) is 6.69. The second-order valence-electron chi connectivity index (χ2n) is 7.01. The highest BCUT2D eigenvalue weighted by molar-refractivity contribution is 5.79. The second-order valence-corrected chi connectivity index (χ2v) is 7.01. The maximum atomic E-state index is 11.8. The minimum atomic E-state index is 0.0652. The molecule has 1 aromatic carbocycles. The summed E-state index contributed by atoms with van der Waals surface area (Å²) in [7, 11) is 0. The first kappa shape index (κ1) is 18.7. The zero-order valence-electron chi connectivity index (χ0n) is 15.6. The summed E-state index contributed by atoms with van der Waals surface area (Å²) in [5.74, 6) is 0.319. The van der Waals surface area contributed by atoms with E-state index in [0.717, 1.165) is 18.7 Å². The van der Waals surface area contributed by atoms with E-state index in [1.807, 2.05) is 6.20 Å². The largest absolute Gasteiger partial charge is 0.348 e. The molecule has 0 N–H and O–H groups in total. The molecule has 1 aliphatic rings. The Hall–Kier alpha value is -1.61. The van der Waals surface area contributed by atoms with Gasteiger partial charge in [0.25, 0.3) is 0 Å². The van der Waals surface area contributed by atoms with E-state index in [-0.39, 0.29) is 11.7 Å². The number of ketones is 1. The van der Waals surface area contributed by atoms with Crippen molar-refractivity contribution < 1.29 is 4.79 Å². The van der Waals surface area contributed by atoms with Gasteiger partial charge in [0, 0.05) is 24.7 Å². The van der Waals surface area contributed by atoms with E-state index in [2.05, 4.69) is 48.4 Å². The molecule has 0 saturated carbocycles. The lowest BCUT2D eigenvalue weighted by molar-refractivity contribution is -0.120. The van der Waals surface area contributed by atoms with Gasteiger partial charge in [-0.25, -0.2) is 0 Å². The highest BCUT2D eigenvalue weighted by Gasteiger charge is 2.17. The fourth-order valence-electron chi connectivity index (χ4n) is 3.57. The molecule has 0 spiro atoms. The molecule has 1 aliphatic heterocycles. The smallest absolute Gasteiger partial charge is 0.134 e. The summed E-state index contributed by atoms with van der Waals surface area (Å²) in [6.07, 6.45) is 6.73. The van der Waals surface area contributed by atoms with Crippen molar-refractivity contribution >= 4 is 11.5 Å². The van der Waals surface area contributed by atoms with Crippen molar-refractivity contribution in [1.29, 1.82) is 0 Å². The number of hydrogen-bond donors (Lipinski definition) is 0. The molecule has 132 valence electrons. The Balaban J connectivity index is 2.08. The number of benzene rings is 1. The van der Waals surface area contributed by atoms with Gasteiger partial charge in [0.05, 0.1) is 0 Å². The fourth-order valence-corrected chi connectivity index (χ4v) is 3.57. The molecule has 1 fully saturated rings. The summed E-state index contributed by atoms with van der Waals surface area (Å²) in [5.41, 5.74) is 3.79. The first-order chi connectivity index (χ1) is 11.5. The van der Waals surface area contributed by atoms with Gasteiger partial charge < -0.3 is 4.90 Å². The van der Waals surface area contributed by atoms with E-state index in [1.54, 1.807) is 6.92 Å². The Kier molecular flexibility index (Phi) is 7.04. The summed E-state index contributed by atoms with van der Waals surface area (Å²) in [5, 5.41) is 0. The standard InChI is InChI=1S/C21H32N2O/c1-5-20(18(4)24)16-23(6-2)21-11-10-19(14-17(21)3)15-22-12-8-7-9-13-22/h6,10-11,14,20H,2,5,7-9,12-13,15-16H2,1,3-4H3. The molecule has 0 radical (unpaired) electrons. The van der Waals surface area contributed by atoms with Crippen LogP contribution in [0.15, 0.2) is 31.0 Å². The van der Waals surface area contributed by atoms with E-state index in [4.69, 9.17) is 0 Å². The van der Waals surface area contributed by atoms with Gasteiger partial charge in [-0.2, -0.15) is 0 Å². The predicted molar refractivity (Wildman–Crippen MR) is 102 cm³/mol. The zero-order chi connectivity index (χ0) is 17.5. The second kappa shape index (κ2) is 9.03. The highest BCUT2D eigenvalue weighted by Crippen LogP contribution is 2.24. The fraction of sp³-hybridized carbons (Fsp3) is 0.571. The highest BCUT2D eigenvalue weighted by atomic mass is 16.1. The Morgan fingerprint density at radius 2 is 2.04 bits per heavy atom. The molecule has 1 aromatic rings. The number of Topliss-reactive ketones (excluding diaryl/α,β-unsaturated/α-hetero) is 1. The maximum absolute atomic E-state index is 11.8. The topological polar surface area (TPSA) is 23.6 Å². The van der Waals surface area contributed by atoms with E-state index in [0.29, 0.717) is 6.54 Å². The molecule has 3 nitrogen and oxygen atoms in total. The average Bonchev–Trinajstić information content (AvgIpc) is 2.57. The van der Waals surface area contributed by atoms with E-state index < -0.39 is 0 Å². The molecular weight excluding hydrogens is 296 g/mol. The molecule has 1 atom stereocenters. The summed E-state index contributed by atoms with van der Waals surface area (Å²) >= 11 is 0. The lowest BCUT2D eigenvalue weighted by Crippen LogP contribution is -2.29. The maximum Gasteiger partial charge on any atom is 0.134 e. The molecule has 0 amide bonds. The van der Waals surface area contributed by atoms with Gasteiger partial charge in [-0.3, -0.25) is 9.69 Å². The van der Waals surface area contributed by atoms with Crippen LogP contribution in [0.1, 0.15) is 50.7 Å². The normalized spacial score (nSPS) is 16.6. The van der Waals surface area contributed by atoms with Crippen molar-refractivity contribution in [3.05, 3.63) is 42.1 Å². The van der Waals surface area contributed by atoms with Crippen LogP contribution in [0, 0.1) is 12.8 Å². The molecule has 0 bridgehead atoms. The number of carbonyl (C=O) groups excluding carboxylic acids is 1. The van der Waals surface area contributed by atoms with Crippen molar-refractivity contribution in [2.24, 2.45) is 5.92 Å². The van der Waals surface area contributed by atoms with Gasteiger partial charge in [0.2, 0.25) is 0 Å². The van der Waals surface area contributed by atoms with E-state index in [9.17, 15) is 4.79 Å². The van der Waals surface area contributed by atoms with Crippen LogP contribution in [0.25, 0.3) is 0 Å². The SMILES string of the molecule is C=CN(CC(CC)C(C)=O)c1ccc(CN2CCCCC2)cc1C. The summed E-state index contributed by atoms with van der Waals surface area (Å²) in [4.78, 5) is 16.4. The monoisotopic (exact) mass is 328 g/mol. The third kappa shape index (κ3) is 4.94. The lowest BCUT2D eigenvalue weighted by atomic mass is 10.0. The van der Waals surface area contributed by atoms with Crippen molar-refractivity contribution in [1.82, 2.24) is 4.90 Å². The number of hydrogen-bond acceptors (Lipinski definition) is 3. The summed E-state index contributed by atoms with van der Waals surface area (Å²) < 4.78 is 0. The van der Waals surface area contributed by atoms with Crippen LogP contribution in [-0.4, -0.2) is 30.3 Å². The molecule has 3 heteroatoms. The lowest BCUT2D eigenvalue weighted by Gasteiger charge is -2.28. The van der Waals surface area contributed by atoms with Crippen molar-refractivity contribution in [2.45, 2.75) is 53.0 Å². The van der Waals surface area contributed by atoms with Crippen LogP contribution >= 0.6 is 0 Å². The number of likely N-dealkylation sites (tertiary alicyclic amines) is 1. The van der Waals surface area contributed by atoms with Crippen LogP contribution < -0.4 is 4.90 Å². The van der Waals surface area contributed by atoms with Crippen molar-refractivity contribution in [3.63, 3.8) is 0 Å². The molecule has 1 heterocycles. The van der Waals surface area contributed by atoms with Crippen LogP contribution in [0.2, 0.25) is 0 Å². The average molecular weight is 329 g/mol. The third-order valence-corrected chi connectivity index (χ3v) is 5.13. The minimum Gasteiger partial charge on any atom is -0.348 e. The predicted octanol–water partition coefficient (Wildman–Crippen LogP) is 4.55. The quantitative estimate of drug-likeness (QED) is 0.699. The minimum absolute atomic E-state index is 0.0652. The van der Waals surface area contributed by atoms with Crippen molar-refractivity contribution in [3.8, 4) is 0 Å². The third-order valence-electron chi connectivity index (χ3n) is 5.13. The van der Waals surface area contributed by atoms with E-state index >= 15 is 0 Å². The number of anilines is 1. The number of aryl methyl sites for hydroxylation is 1. The van der Waals surface area contributed by atoms with Crippen LogP contribution in [0.3, 0.4) is 0 Å². The molecule has 24 heavy (non-hydrogen) atoms. The first-order valence-electron chi connectivity index (χ1n) is 9.26. The Morgan fingerprint density at radius 1 is 1.33 bits per heavy atom. The number of carbonyl (C=O) groups is 1. The molecule has 0 aromatic heterocycles. The molecule has 1 unspecified atom stereocenters. The molecule has 1 saturated heterocycles. The van der Waals surface area contributed by atoms with E-state index in [1.165, 1.54) is 43.5 Å². The van der Waals surface area contributed by atoms with Gasteiger partial charge >= 0.3 is 0 Å². The van der Waals surface area contributed by atoms with Crippen LogP contribution in [0.5, 0.6) is 0 Å². The zero-order valence-corrected chi connectivity index (χ0v) is 15.6.